The zero-order valence-electron chi connectivity index (χ0n) is 14.4. The van der Waals surface area contributed by atoms with Crippen LogP contribution in [0.3, 0.4) is 0 Å². The number of hydrogen-bond acceptors (Lipinski definition) is 6. The molecule has 3 unspecified atom stereocenters. The molecule has 2 heterocycles. The maximum Gasteiger partial charge on any atom is 0.265 e. The van der Waals surface area contributed by atoms with E-state index in [4.69, 9.17) is 14.2 Å². The Morgan fingerprint density at radius 1 is 1.12 bits per heavy atom. The van der Waals surface area contributed by atoms with Crippen LogP contribution in [-0.4, -0.2) is 31.9 Å². The molecule has 0 saturated carbocycles. The van der Waals surface area contributed by atoms with Gasteiger partial charge < -0.3 is 19.5 Å². The van der Waals surface area contributed by atoms with Crippen LogP contribution >= 0.6 is 0 Å². The number of hydrazine groups is 1. The number of para-hydroxylation sites is 3. The Hall–Kier alpha value is -2.77. The average Bonchev–Trinajstić information content (AvgIpc) is 3.15. The molecule has 26 heavy (non-hydrogen) atoms. The van der Waals surface area contributed by atoms with Crippen molar-refractivity contribution in [3.63, 3.8) is 0 Å². The number of ether oxygens (including phenoxy) is 3. The minimum absolute atomic E-state index is 0.0423. The summed E-state index contributed by atoms with van der Waals surface area (Å²) in [5.74, 6) is 1.86. The Kier molecular flexibility index (Phi) is 4.64. The average molecular weight is 355 g/mol. The molecule has 1 fully saturated rings. The summed E-state index contributed by atoms with van der Waals surface area (Å²) in [7, 11) is 1.65. The van der Waals surface area contributed by atoms with Gasteiger partial charge in [-0.15, -0.1) is 0 Å². The van der Waals surface area contributed by atoms with Gasteiger partial charge in [-0.1, -0.05) is 30.3 Å². The van der Waals surface area contributed by atoms with Crippen molar-refractivity contribution in [3.8, 4) is 17.2 Å². The molecule has 2 aromatic carbocycles. The number of hydrogen-bond donors (Lipinski definition) is 3. The Bertz CT molecular complexity index is 798. The maximum atomic E-state index is 12.5. The molecule has 0 radical (unpaired) electrons. The molecule has 3 N–H and O–H groups in total. The van der Waals surface area contributed by atoms with Gasteiger partial charge in [-0.3, -0.25) is 4.79 Å². The number of fused-ring (bicyclic) bond motifs is 1. The van der Waals surface area contributed by atoms with E-state index in [1.54, 1.807) is 13.2 Å². The number of amides is 1. The second-order valence-electron chi connectivity index (χ2n) is 6.24. The lowest BCUT2D eigenvalue weighted by Gasteiger charge is -2.26. The van der Waals surface area contributed by atoms with Crippen molar-refractivity contribution in [2.24, 2.45) is 0 Å². The van der Waals surface area contributed by atoms with Crippen LogP contribution < -0.4 is 30.4 Å². The molecule has 0 aromatic heterocycles. The Morgan fingerprint density at radius 2 is 1.88 bits per heavy atom. The molecule has 0 bridgehead atoms. The Morgan fingerprint density at radius 3 is 2.73 bits per heavy atom. The Labute approximate surface area is 151 Å². The number of carbonyl (C=O) groups excluding carboxylic acids is 1. The lowest BCUT2D eigenvalue weighted by molar-refractivity contribution is -0.131. The fourth-order valence-corrected chi connectivity index (χ4v) is 3.22. The molecule has 0 spiro atoms. The summed E-state index contributed by atoms with van der Waals surface area (Å²) in [6.07, 6.45) is -0.189. The van der Waals surface area contributed by atoms with Crippen molar-refractivity contribution >= 4 is 5.91 Å². The van der Waals surface area contributed by atoms with Gasteiger partial charge in [0, 0.05) is 12.0 Å². The quantitative estimate of drug-likeness (QED) is 0.772. The highest BCUT2D eigenvalue weighted by Gasteiger charge is 2.32. The van der Waals surface area contributed by atoms with Gasteiger partial charge in [0.05, 0.1) is 19.3 Å². The third-order valence-corrected chi connectivity index (χ3v) is 4.54. The van der Waals surface area contributed by atoms with E-state index in [0.29, 0.717) is 17.9 Å². The summed E-state index contributed by atoms with van der Waals surface area (Å²) in [6, 6.07) is 15.2. The topological polar surface area (TPSA) is 80.9 Å². The lowest BCUT2D eigenvalue weighted by atomic mass is 10.0. The minimum atomic E-state index is -0.669. The second-order valence-corrected chi connectivity index (χ2v) is 6.24. The first kappa shape index (κ1) is 16.7. The van der Waals surface area contributed by atoms with Crippen molar-refractivity contribution < 1.29 is 19.0 Å². The molecule has 2 aliphatic rings. The number of carbonyl (C=O) groups is 1. The van der Waals surface area contributed by atoms with Crippen molar-refractivity contribution in [1.82, 2.24) is 16.2 Å². The summed E-state index contributed by atoms with van der Waals surface area (Å²) in [6.45, 7) is 0.193. The summed E-state index contributed by atoms with van der Waals surface area (Å²) in [5, 5.41) is 2.96. The second kappa shape index (κ2) is 7.23. The lowest BCUT2D eigenvalue weighted by Crippen LogP contribution is -2.51. The predicted molar refractivity (Wildman–Crippen MR) is 94.9 cm³/mol. The summed E-state index contributed by atoms with van der Waals surface area (Å²) in [4.78, 5) is 12.5. The van der Waals surface area contributed by atoms with Crippen molar-refractivity contribution in [2.45, 2.75) is 24.7 Å². The van der Waals surface area contributed by atoms with Gasteiger partial charge >= 0.3 is 0 Å². The van der Waals surface area contributed by atoms with Crippen LogP contribution in [0.25, 0.3) is 0 Å². The highest BCUT2D eigenvalue weighted by Crippen LogP contribution is 2.31. The normalized spacial score (nSPS) is 24.1. The first-order valence-corrected chi connectivity index (χ1v) is 8.57. The van der Waals surface area contributed by atoms with Gasteiger partial charge in [-0.05, 0) is 18.2 Å². The molecule has 1 saturated heterocycles. The number of nitrogens with one attached hydrogen (secondary N) is 3. The van der Waals surface area contributed by atoms with Crippen LogP contribution in [0.5, 0.6) is 17.2 Å². The molecule has 1 amide bonds. The zero-order chi connectivity index (χ0) is 17.9. The van der Waals surface area contributed by atoms with Gasteiger partial charge in [-0.25, -0.2) is 10.9 Å². The number of methoxy groups -OCH3 is 1. The van der Waals surface area contributed by atoms with E-state index in [1.165, 1.54) is 0 Å². The molecule has 2 aliphatic heterocycles. The van der Waals surface area contributed by atoms with Gasteiger partial charge in [0.15, 0.2) is 11.5 Å². The van der Waals surface area contributed by atoms with Gasteiger partial charge in [0.1, 0.15) is 12.4 Å². The molecule has 3 atom stereocenters. The van der Waals surface area contributed by atoms with Crippen LogP contribution in [0.2, 0.25) is 0 Å². The Balaban J connectivity index is 1.36. The highest BCUT2D eigenvalue weighted by molar-refractivity contribution is 5.82. The minimum Gasteiger partial charge on any atom is -0.496 e. The van der Waals surface area contributed by atoms with Crippen LogP contribution in [0.4, 0.5) is 0 Å². The van der Waals surface area contributed by atoms with Crippen LogP contribution in [-0.2, 0) is 4.79 Å². The SMILES string of the molecule is COc1ccccc1C1CC(NC(=O)C2COc3ccccc3O2)NN1. The largest absolute Gasteiger partial charge is 0.496 e. The standard InChI is InChI=1S/C19H21N3O4/c1-24-14-7-3-2-6-12(14)13-10-18(22-21-13)20-19(23)17-11-25-15-8-4-5-9-16(15)26-17/h2-9,13,17-18,21-22H,10-11H2,1H3,(H,20,23). The fraction of sp³-hybridized carbons (Fsp3) is 0.316. The van der Waals surface area contributed by atoms with E-state index in [0.717, 1.165) is 11.3 Å². The maximum absolute atomic E-state index is 12.5. The number of rotatable bonds is 4. The highest BCUT2D eigenvalue weighted by atomic mass is 16.6. The molecule has 4 rings (SSSR count). The monoisotopic (exact) mass is 355 g/mol. The van der Waals surface area contributed by atoms with Crippen molar-refractivity contribution in [3.05, 3.63) is 54.1 Å². The van der Waals surface area contributed by atoms with Crippen LogP contribution in [0.15, 0.2) is 48.5 Å². The molecular weight excluding hydrogens is 334 g/mol. The third kappa shape index (κ3) is 3.31. The van der Waals surface area contributed by atoms with E-state index < -0.39 is 6.10 Å². The van der Waals surface area contributed by atoms with E-state index in [-0.39, 0.29) is 24.7 Å². The molecule has 0 aliphatic carbocycles. The predicted octanol–water partition coefficient (Wildman–Crippen LogP) is 1.52. The van der Waals surface area contributed by atoms with E-state index in [2.05, 4.69) is 16.2 Å². The van der Waals surface area contributed by atoms with E-state index in [1.807, 2.05) is 42.5 Å². The zero-order valence-corrected chi connectivity index (χ0v) is 14.4. The first-order chi connectivity index (χ1) is 12.7. The van der Waals surface area contributed by atoms with E-state index >= 15 is 0 Å². The molecule has 7 nitrogen and oxygen atoms in total. The molecule has 136 valence electrons. The summed E-state index contributed by atoms with van der Waals surface area (Å²) < 4.78 is 16.8. The summed E-state index contributed by atoms with van der Waals surface area (Å²) >= 11 is 0. The smallest absolute Gasteiger partial charge is 0.265 e. The van der Waals surface area contributed by atoms with Gasteiger partial charge in [0.2, 0.25) is 6.10 Å². The molecule has 2 aromatic rings. The van der Waals surface area contributed by atoms with Crippen molar-refractivity contribution in [2.75, 3.05) is 13.7 Å². The van der Waals surface area contributed by atoms with Crippen LogP contribution in [0.1, 0.15) is 18.0 Å². The first-order valence-electron chi connectivity index (χ1n) is 8.57. The van der Waals surface area contributed by atoms with E-state index in [9.17, 15) is 4.79 Å². The van der Waals surface area contributed by atoms with Crippen molar-refractivity contribution in [1.29, 1.82) is 0 Å². The third-order valence-electron chi connectivity index (χ3n) is 4.54. The fourth-order valence-electron chi connectivity index (χ4n) is 3.22. The molecular formula is C19H21N3O4. The molecule has 7 heteroatoms. The van der Waals surface area contributed by atoms with Crippen LogP contribution in [0, 0.1) is 0 Å². The van der Waals surface area contributed by atoms with Gasteiger partial charge in [-0.2, -0.15) is 0 Å². The number of benzene rings is 2. The summed E-state index contributed by atoms with van der Waals surface area (Å²) in [5.41, 5.74) is 7.36. The van der Waals surface area contributed by atoms with Gasteiger partial charge in [0.25, 0.3) is 5.91 Å².